The molecule has 1 aliphatic heterocycles. The molecule has 1 fully saturated rings. The summed E-state index contributed by atoms with van der Waals surface area (Å²) in [7, 11) is -4.16. The van der Waals surface area contributed by atoms with E-state index in [4.69, 9.17) is 27.9 Å². The van der Waals surface area contributed by atoms with Crippen molar-refractivity contribution in [3.05, 3.63) is 81.8 Å². The third-order valence-electron chi connectivity index (χ3n) is 7.81. The monoisotopic (exact) mass is 587 g/mol. The molecular weight excluding hydrogens is 557 g/mol. The van der Waals surface area contributed by atoms with Crippen molar-refractivity contribution < 1.29 is 23.1 Å². The van der Waals surface area contributed by atoms with E-state index in [0.29, 0.717) is 35.1 Å². The van der Waals surface area contributed by atoms with Crippen LogP contribution in [-0.4, -0.2) is 35.9 Å². The van der Waals surface area contributed by atoms with Crippen LogP contribution in [0.3, 0.4) is 0 Å². The van der Waals surface area contributed by atoms with Gasteiger partial charge < -0.3 is 9.84 Å². The Hall–Kier alpha value is -2.58. The van der Waals surface area contributed by atoms with Crippen LogP contribution in [0.4, 0.5) is 0 Å². The van der Waals surface area contributed by atoms with Gasteiger partial charge in [0.1, 0.15) is 17.9 Å². The molecule has 1 aliphatic carbocycles. The maximum Gasteiger partial charge on any atom is 0.318 e. The van der Waals surface area contributed by atoms with E-state index in [9.17, 15) is 18.3 Å². The maximum atomic E-state index is 14.2. The van der Waals surface area contributed by atoms with Crippen molar-refractivity contribution in [1.82, 2.24) is 4.31 Å². The summed E-state index contributed by atoms with van der Waals surface area (Å²) in [6.07, 6.45) is 4.10. The van der Waals surface area contributed by atoms with Gasteiger partial charge in [-0.05, 0) is 98.2 Å². The minimum atomic E-state index is -4.16. The topological polar surface area (TPSA) is 83.9 Å². The molecule has 39 heavy (non-hydrogen) atoms. The zero-order chi connectivity index (χ0) is 28.0. The summed E-state index contributed by atoms with van der Waals surface area (Å²) in [5.74, 6) is -0.527. The number of halogens is 2. The highest BCUT2D eigenvalue weighted by Crippen LogP contribution is 2.47. The quantitative estimate of drug-likeness (QED) is 0.313. The first-order valence-electron chi connectivity index (χ1n) is 13.0. The number of ether oxygens (including phenoxy) is 1. The van der Waals surface area contributed by atoms with Gasteiger partial charge in [0.25, 0.3) is 0 Å². The van der Waals surface area contributed by atoms with Crippen molar-refractivity contribution >= 4 is 39.2 Å². The molecule has 6 nitrogen and oxygen atoms in total. The number of nitrogens with zero attached hydrogens (tertiary/aromatic N) is 1. The van der Waals surface area contributed by atoms with Gasteiger partial charge in [-0.15, -0.1) is 0 Å². The summed E-state index contributed by atoms with van der Waals surface area (Å²) in [6.45, 7) is 3.38. The van der Waals surface area contributed by atoms with Crippen LogP contribution in [0.25, 0.3) is 11.1 Å². The second kappa shape index (κ2) is 10.4. The fourth-order valence-electron chi connectivity index (χ4n) is 5.85. The predicted octanol–water partition coefficient (Wildman–Crippen LogP) is 7.31. The summed E-state index contributed by atoms with van der Waals surface area (Å²) in [5.41, 5.74) is 2.01. The van der Waals surface area contributed by atoms with Crippen LogP contribution in [0.2, 0.25) is 10.0 Å². The predicted molar refractivity (Wildman–Crippen MR) is 153 cm³/mol. The summed E-state index contributed by atoms with van der Waals surface area (Å²) < 4.78 is 35.7. The lowest BCUT2D eigenvalue weighted by molar-refractivity contribution is -0.138. The Morgan fingerprint density at radius 3 is 2.18 bits per heavy atom. The highest BCUT2D eigenvalue weighted by Gasteiger charge is 2.48. The lowest BCUT2D eigenvalue weighted by Gasteiger charge is -2.40. The number of carboxylic acids is 1. The van der Waals surface area contributed by atoms with Gasteiger partial charge in [0.2, 0.25) is 10.0 Å². The molecule has 3 aromatic rings. The molecule has 0 amide bonds. The molecule has 5 rings (SSSR count). The largest absolute Gasteiger partial charge is 0.488 e. The lowest BCUT2D eigenvalue weighted by atomic mass is 9.87. The number of benzene rings is 3. The van der Waals surface area contributed by atoms with E-state index >= 15 is 0 Å². The molecule has 0 spiro atoms. The number of carboxylic acid groups (broad SMARTS) is 1. The SMILES string of the molecule is CC1(C)CCc2cc(S(=O)(=O)N(CC(=O)O)C3(c4ccc(-c5cc(Cl)cc(Cl)c5)cc4)CCCC3)ccc2O1. The Balaban J connectivity index is 1.56. The Bertz CT molecular complexity index is 1490. The van der Waals surface area contributed by atoms with Gasteiger partial charge in [0.05, 0.1) is 10.4 Å². The van der Waals surface area contributed by atoms with Crippen LogP contribution in [0, 0.1) is 0 Å². The maximum absolute atomic E-state index is 14.2. The highest BCUT2D eigenvalue weighted by atomic mass is 35.5. The van der Waals surface area contributed by atoms with E-state index in [0.717, 1.165) is 41.5 Å². The van der Waals surface area contributed by atoms with Crippen molar-refractivity contribution in [2.45, 2.75) is 68.4 Å². The van der Waals surface area contributed by atoms with E-state index in [2.05, 4.69) is 0 Å². The zero-order valence-electron chi connectivity index (χ0n) is 21.9. The van der Waals surface area contributed by atoms with E-state index in [1.54, 1.807) is 18.2 Å². The van der Waals surface area contributed by atoms with Gasteiger partial charge in [-0.25, -0.2) is 8.42 Å². The average molecular weight is 589 g/mol. The molecule has 0 aromatic heterocycles. The second-order valence-corrected chi connectivity index (χ2v) is 13.7. The first-order chi connectivity index (χ1) is 18.4. The molecule has 1 heterocycles. The Kier molecular flexibility index (Phi) is 7.48. The number of aliphatic carboxylic acids is 1. The Morgan fingerprint density at radius 2 is 1.56 bits per heavy atom. The average Bonchev–Trinajstić information content (AvgIpc) is 3.36. The number of hydrogen-bond acceptors (Lipinski definition) is 4. The summed E-state index contributed by atoms with van der Waals surface area (Å²) in [5, 5.41) is 10.9. The minimum Gasteiger partial charge on any atom is -0.488 e. The van der Waals surface area contributed by atoms with Gasteiger partial charge in [-0.3, -0.25) is 4.79 Å². The normalized spacial score (nSPS) is 18.0. The van der Waals surface area contributed by atoms with Crippen molar-refractivity contribution in [1.29, 1.82) is 0 Å². The molecule has 0 radical (unpaired) electrons. The minimum absolute atomic E-state index is 0.0854. The van der Waals surface area contributed by atoms with Gasteiger partial charge in [0.15, 0.2) is 0 Å². The molecule has 0 unspecified atom stereocenters. The van der Waals surface area contributed by atoms with E-state index in [1.807, 2.05) is 50.2 Å². The number of fused-ring (bicyclic) bond motifs is 1. The van der Waals surface area contributed by atoms with Crippen LogP contribution >= 0.6 is 23.2 Å². The lowest BCUT2D eigenvalue weighted by Crippen LogP contribution is -2.50. The number of hydrogen-bond donors (Lipinski definition) is 1. The van der Waals surface area contributed by atoms with Gasteiger partial charge >= 0.3 is 5.97 Å². The van der Waals surface area contributed by atoms with Crippen molar-refractivity contribution in [3.8, 4) is 16.9 Å². The first-order valence-corrected chi connectivity index (χ1v) is 15.2. The van der Waals surface area contributed by atoms with Crippen molar-refractivity contribution in [2.75, 3.05) is 6.54 Å². The third kappa shape index (κ3) is 5.55. The zero-order valence-corrected chi connectivity index (χ0v) is 24.2. The van der Waals surface area contributed by atoms with Gasteiger partial charge in [-0.2, -0.15) is 4.31 Å². The molecule has 3 aromatic carbocycles. The summed E-state index contributed by atoms with van der Waals surface area (Å²) in [4.78, 5) is 12.2. The molecule has 0 atom stereocenters. The molecule has 206 valence electrons. The van der Waals surface area contributed by atoms with Crippen LogP contribution in [-0.2, 0) is 26.8 Å². The molecule has 1 N–H and O–H groups in total. The summed E-state index contributed by atoms with van der Waals surface area (Å²) in [6, 6.07) is 17.7. The van der Waals surface area contributed by atoms with E-state index in [-0.39, 0.29) is 10.5 Å². The standard InChI is InChI=1S/C30H31Cl2NO5S/c1-29(2)14-11-21-17-26(9-10-27(21)38-29)39(36,37)33(19-28(34)35)30(12-3-4-13-30)23-7-5-20(6-8-23)22-15-24(31)18-25(32)16-22/h5-10,15-18H,3-4,11-14,19H2,1-2H3,(H,34,35). The smallest absolute Gasteiger partial charge is 0.318 e. The van der Waals surface area contributed by atoms with E-state index in [1.165, 1.54) is 10.4 Å². The van der Waals surface area contributed by atoms with Gasteiger partial charge in [-0.1, -0.05) is 60.3 Å². The number of rotatable bonds is 7. The molecule has 0 saturated heterocycles. The third-order valence-corrected chi connectivity index (χ3v) is 10.2. The fourth-order valence-corrected chi connectivity index (χ4v) is 8.19. The first kappa shape index (κ1) is 28.0. The Morgan fingerprint density at radius 1 is 0.923 bits per heavy atom. The van der Waals surface area contributed by atoms with Gasteiger partial charge in [0, 0.05) is 10.0 Å². The summed E-state index contributed by atoms with van der Waals surface area (Å²) >= 11 is 12.4. The second-order valence-electron chi connectivity index (χ2n) is 11.0. The Labute approximate surface area is 239 Å². The van der Waals surface area contributed by atoms with Crippen LogP contribution < -0.4 is 4.74 Å². The van der Waals surface area contributed by atoms with E-state index < -0.39 is 28.1 Å². The molecule has 0 bridgehead atoms. The number of aryl methyl sites for hydroxylation is 1. The van der Waals surface area contributed by atoms with Crippen LogP contribution in [0.1, 0.15) is 57.1 Å². The fraction of sp³-hybridized carbons (Fsp3) is 0.367. The molecule has 2 aliphatic rings. The molecular formula is C30H31Cl2NO5S. The number of sulfonamides is 1. The number of carbonyl (C=O) groups is 1. The van der Waals surface area contributed by atoms with Crippen molar-refractivity contribution in [3.63, 3.8) is 0 Å². The highest BCUT2D eigenvalue weighted by molar-refractivity contribution is 7.89. The van der Waals surface area contributed by atoms with Crippen LogP contribution in [0.15, 0.2) is 65.6 Å². The van der Waals surface area contributed by atoms with Crippen LogP contribution in [0.5, 0.6) is 5.75 Å². The molecule has 1 saturated carbocycles. The molecule has 9 heteroatoms. The van der Waals surface area contributed by atoms with Crippen molar-refractivity contribution in [2.24, 2.45) is 0 Å².